The van der Waals surface area contributed by atoms with Crippen LogP contribution in [0.15, 0.2) is 67.8 Å². The summed E-state index contributed by atoms with van der Waals surface area (Å²) in [6.07, 6.45) is 5.37. The first kappa shape index (κ1) is 36.7. The SMILES string of the molecule is O=C(NCCSSCCNC(=O)/C(Cc1cccc(Br)c1)=N/OC1CCCCO1)/C(Cc1cccc(Br)c1)=N/OC1CCCCO1. The number of rotatable bonds is 17. The highest BCUT2D eigenvalue weighted by molar-refractivity contribution is 9.10. The van der Waals surface area contributed by atoms with Crippen molar-refractivity contribution >= 4 is 76.7 Å². The van der Waals surface area contributed by atoms with E-state index in [1.54, 1.807) is 21.6 Å². The minimum absolute atomic E-state index is 0.272. The molecule has 10 nitrogen and oxygen atoms in total. The van der Waals surface area contributed by atoms with E-state index in [1.165, 1.54) is 0 Å². The molecule has 2 amide bonds. The standard InChI is InChI=1S/C32H40Br2N4O6S2/c33-25-9-5-7-23(19-25)21-27(37-43-29-11-1-3-15-41-29)31(39)35-13-17-45-46-18-14-36-32(40)28(22-24-8-6-10-26(34)20-24)38-44-30-12-2-4-16-42-30/h5-10,19-20,29-30H,1-4,11-18,21-22H2,(H,35,39)(H,36,40)/b37-27+,38-28+. The van der Waals surface area contributed by atoms with Gasteiger partial charge in [0.2, 0.25) is 12.6 Å². The van der Waals surface area contributed by atoms with Crippen molar-refractivity contribution in [3.05, 3.63) is 68.6 Å². The number of hydrogen-bond acceptors (Lipinski definition) is 10. The number of oxime groups is 2. The zero-order chi connectivity index (χ0) is 32.4. The Hall–Kier alpha value is -2.10. The van der Waals surface area contributed by atoms with Gasteiger partial charge in [-0.2, -0.15) is 0 Å². The van der Waals surface area contributed by atoms with Gasteiger partial charge < -0.3 is 29.8 Å². The fourth-order valence-electron chi connectivity index (χ4n) is 4.56. The van der Waals surface area contributed by atoms with Gasteiger partial charge in [0.05, 0.1) is 13.2 Å². The fraction of sp³-hybridized carbons (Fsp3) is 0.500. The minimum atomic E-state index is -0.423. The van der Waals surface area contributed by atoms with Crippen molar-refractivity contribution in [3.63, 3.8) is 0 Å². The smallest absolute Gasteiger partial charge is 0.269 e. The van der Waals surface area contributed by atoms with Crippen LogP contribution in [0.3, 0.4) is 0 Å². The molecule has 46 heavy (non-hydrogen) atoms. The van der Waals surface area contributed by atoms with E-state index in [0.29, 0.717) is 62.1 Å². The summed E-state index contributed by atoms with van der Waals surface area (Å²) >= 11 is 6.96. The normalized spacial score (nSPS) is 18.9. The fourth-order valence-corrected chi connectivity index (χ4v) is 7.26. The van der Waals surface area contributed by atoms with Crippen molar-refractivity contribution in [1.82, 2.24) is 10.6 Å². The Morgan fingerprint density at radius 3 is 1.59 bits per heavy atom. The molecule has 2 fully saturated rings. The number of halogens is 2. The molecule has 2 aliphatic rings. The van der Waals surface area contributed by atoms with Gasteiger partial charge in [-0.25, -0.2) is 0 Å². The third kappa shape index (κ3) is 13.9. The number of benzene rings is 2. The lowest BCUT2D eigenvalue weighted by Gasteiger charge is -2.20. The summed E-state index contributed by atoms with van der Waals surface area (Å²) in [5, 5.41) is 14.3. The van der Waals surface area contributed by atoms with Crippen LogP contribution in [-0.4, -0.2) is 73.6 Å². The van der Waals surface area contributed by atoms with Gasteiger partial charge in [-0.15, -0.1) is 0 Å². The Bertz CT molecular complexity index is 1220. The molecule has 0 aliphatic carbocycles. The maximum atomic E-state index is 13.0. The van der Waals surface area contributed by atoms with Gasteiger partial charge in [0, 0.05) is 59.2 Å². The molecule has 2 aromatic rings. The van der Waals surface area contributed by atoms with E-state index in [2.05, 4.69) is 52.8 Å². The molecular weight excluding hydrogens is 760 g/mol. The molecule has 4 rings (SSSR count). The molecule has 2 aromatic carbocycles. The maximum absolute atomic E-state index is 13.0. The minimum Gasteiger partial charge on any atom is -0.363 e. The first-order valence-corrected chi connectivity index (χ1v) is 19.5. The van der Waals surface area contributed by atoms with E-state index in [-0.39, 0.29) is 11.8 Å². The lowest BCUT2D eigenvalue weighted by Crippen LogP contribution is -2.35. The molecule has 2 aliphatic heterocycles. The molecule has 2 N–H and O–H groups in total. The molecule has 0 aromatic heterocycles. The van der Waals surface area contributed by atoms with E-state index >= 15 is 0 Å². The number of nitrogens with zero attached hydrogens (tertiary/aromatic N) is 2. The van der Waals surface area contributed by atoms with Crippen molar-refractivity contribution in [2.75, 3.05) is 37.8 Å². The molecule has 0 saturated carbocycles. The zero-order valence-corrected chi connectivity index (χ0v) is 30.4. The van der Waals surface area contributed by atoms with Gasteiger partial charge in [0.15, 0.2) is 0 Å². The molecule has 2 atom stereocenters. The molecule has 250 valence electrons. The van der Waals surface area contributed by atoms with Gasteiger partial charge in [0.1, 0.15) is 11.4 Å². The average Bonchev–Trinajstić information content (AvgIpc) is 3.07. The lowest BCUT2D eigenvalue weighted by molar-refractivity contribution is -0.162. The van der Waals surface area contributed by atoms with Crippen LogP contribution in [0.2, 0.25) is 0 Å². The number of amides is 2. The summed E-state index contributed by atoms with van der Waals surface area (Å²) in [4.78, 5) is 37.2. The number of hydrogen-bond donors (Lipinski definition) is 2. The van der Waals surface area contributed by atoms with Crippen molar-refractivity contribution in [1.29, 1.82) is 0 Å². The predicted octanol–water partition coefficient (Wildman–Crippen LogP) is 6.41. The number of ether oxygens (including phenoxy) is 2. The van der Waals surface area contributed by atoms with Gasteiger partial charge >= 0.3 is 0 Å². The van der Waals surface area contributed by atoms with Crippen LogP contribution in [0.1, 0.15) is 49.7 Å². The third-order valence-corrected chi connectivity index (χ3v) is 10.3. The molecule has 0 spiro atoms. The molecule has 14 heteroatoms. The summed E-state index contributed by atoms with van der Waals surface area (Å²) in [7, 11) is 3.24. The monoisotopic (exact) mass is 798 g/mol. The van der Waals surface area contributed by atoms with Crippen LogP contribution < -0.4 is 10.6 Å². The van der Waals surface area contributed by atoms with Crippen LogP contribution in [0.5, 0.6) is 0 Å². The molecule has 0 radical (unpaired) electrons. The van der Waals surface area contributed by atoms with Crippen LogP contribution in [0, 0.1) is 0 Å². The van der Waals surface area contributed by atoms with Gasteiger partial charge in [-0.05, 0) is 61.1 Å². The summed E-state index contributed by atoms with van der Waals surface area (Å²) in [5.41, 5.74) is 2.49. The Labute approximate surface area is 295 Å². The number of nitrogens with one attached hydrogen (secondary N) is 2. The highest BCUT2D eigenvalue weighted by Gasteiger charge is 2.20. The topological polar surface area (TPSA) is 120 Å². The molecule has 2 unspecified atom stereocenters. The molecule has 2 saturated heterocycles. The Morgan fingerprint density at radius 2 is 1.20 bits per heavy atom. The van der Waals surface area contributed by atoms with E-state index < -0.39 is 12.6 Å². The van der Waals surface area contributed by atoms with E-state index in [1.807, 2.05) is 48.5 Å². The quantitative estimate of drug-likeness (QED) is 0.0817. The van der Waals surface area contributed by atoms with Crippen LogP contribution in [-0.2, 0) is 41.6 Å². The largest absolute Gasteiger partial charge is 0.363 e. The van der Waals surface area contributed by atoms with Crippen LogP contribution in [0.25, 0.3) is 0 Å². The summed E-state index contributed by atoms with van der Waals surface area (Å²) < 4.78 is 13.1. The van der Waals surface area contributed by atoms with Gasteiger partial charge in [-0.1, -0.05) is 88.0 Å². The Morgan fingerprint density at radius 1 is 0.739 bits per heavy atom. The van der Waals surface area contributed by atoms with Crippen LogP contribution >= 0.6 is 53.4 Å². The van der Waals surface area contributed by atoms with E-state index in [9.17, 15) is 9.59 Å². The van der Waals surface area contributed by atoms with E-state index in [4.69, 9.17) is 19.1 Å². The number of carbonyl (C=O) groups excluding carboxylic acids is 2. The van der Waals surface area contributed by atoms with Gasteiger partial charge in [0.25, 0.3) is 11.8 Å². The lowest BCUT2D eigenvalue weighted by atomic mass is 10.1. The van der Waals surface area contributed by atoms with Crippen molar-refractivity contribution in [2.45, 2.75) is 63.9 Å². The highest BCUT2D eigenvalue weighted by Crippen LogP contribution is 2.20. The summed E-state index contributed by atoms with van der Waals surface area (Å²) in [6, 6.07) is 15.5. The predicted molar refractivity (Wildman–Crippen MR) is 191 cm³/mol. The van der Waals surface area contributed by atoms with Crippen LogP contribution in [0.4, 0.5) is 0 Å². The zero-order valence-electron chi connectivity index (χ0n) is 25.6. The maximum Gasteiger partial charge on any atom is 0.269 e. The second-order valence-electron chi connectivity index (χ2n) is 10.6. The van der Waals surface area contributed by atoms with E-state index in [0.717, 1.165) is 58.6 Å². The molecule has 0 bridgehead atoms. The highest BCUT2D eigenvalue weighted by atomic mass is 79.9. The summed E-state index contributed by atoms with van der Waals surface area (Å²) in [5.74, 6) is 0.830. The second-order valence-corrected chi connectivity index (χ2v) is 15.2. The Kier molecular flexibility index (Phi) is 16.8. The molecule has 2 heterocycles. The average molecular weight is 801 g/mol. The molecular formula is C32H40Br2N4O6S2. The Balaban J connectivity index is 1.18. The van der Waals surface area contributed by atoms with Gasteiger partial charge in [-0.3, -0.25) is 9.59 Å². The van der Waals surface area contributed by atoms with Crippen molar-refractivity contribution in [3.8, 4) is 0 Å². The summed E-state index contributed by atoms with van der Waals surface area (Å²) in [6.45, 7) is 2.20. The first-order chi connectivity index (χ1) is 22.5. The van der Waals surface area contributed by atoms with Crippen molar-refractivity contribution in [2.24, 2.45) is 10.3 Å². The first-order valence-electron chi connectivity index (χ1n) is 15.4. The number of carbonyl (C=O) groups is 2. The van der Waals surface area contributed by atoms with Crippen molar-refractivity contribution < 1.29 is 28.7 Å². The second kappa shape index (κ2) is 21.0. The third-order valence-electron chi connectivity index (χ3n) is 6.91.